The Morgan fingerprint density at radius 3 is 2.48 bits per heavy atom. The fourth-order valence-corrected chi connectivity index (χ4v) is 5.81. The average molecular weight is 466 g/mol. The fourth-order valence-electron chi connectivity index (χ4n) is 4.79. The van der Waals surface area contributed by atoms with Crippen LogP contribution in [0.25, 0.3) is 0 Å². The van der Waals surface area contributed by atoms with Crippen LogP contribution < -0.4 is 0 Å². The molecule has 0 spiro atoms. The van der Waals surface area contributed by atoms with Crippen molar-refractivity contribution in [2.75, 3.05) is 13.1 Å². The predicted octanol–water partition coefficient (Wildman–Crippen LogP) is 5.38. The Kier molecular flexibility index (Phi) is 7.53. The van der Waals surface area contributed by atoms with E-state index in [1.54, 1.807) is 12.1 Å². The van der Waals surface area contributed by atoms with Crippen LogP contribution >= 0.6 is 0 Å². The molecule has 0 N–H and O–H groups in total. The maximum Gasteiger partial charge on any atom is 0.285 e. The zero-order valence-electron chi connectivity index (χ0n) is 19.7. The second kappa shape index (κ2) is 10.6. The Hall–Kier alpha value is -2.60. The molecule has 5 nitrogen and oxygen atoms in total. The maximum absolute atomic E-state index is 13.4. The predicted molar refractivity (Wildman–Crippen MR) is 135 cm³/mol. The summed E-state index contributed by atoms with van der Waals surface area (Å²) >= 11 is 0. The summed E-state index contributed by atoms with van der Waals surface area (Å²) in [6.07, 6.45) is 10.1. The maximum atomic E-state index is 13.4. The lowest BCUT2D eigenvalue weighted by atomic mass is 9.97. The number of nitrogens with zero attached hydrogens (tertiary/aromatic N) is 3. The number of benzene rings is 2. The SMILES string of the molecule is CCCCCCN1/C(=N/S(=O)(=O)c2ccc(C)cc2)N(Cc2ccccc2)C[C@@H]2CC=C[C@@H]21. The van der Waals surface area contributed by atoms with Crippen molar-refractivity contribution in [1.29, 1.82) is 0 Å². The molecule has 1 fully saturated rings. The van der Waals surface area contributed by atoms with Gasteiger partial charge in [0.15, 0.2) is 0 Å². The van der Waals surface area contributed by atoms with E-state index in [2.05, 4.69) is 45.4 Å². The number of aryl methyl sites for hydroxylation is 1. The van der Waals surface area contributed by atoms with Gasteiger partial charge in [0, 0.05) is 25.6 Å². The lowest BCUT2D eigenvalue weighted by Gasteiger charge is -2.46. The van der Waals surface area contributed by atoms with Crippen molar-refractivity contribution in [2.24, 2.45) is 10.3 Å². The summed E-state index contributed by atoms with van der Waals surface area (Å²) in [6.45, 7) is 6.44. The molecule has 0 saturated carbocycles. The van der Waals surface area contributed by atoms with Gasteiger partial charge in [-0.2, -0.15) is 8.42 Å². The Bertz CT molecular complexity index is 1080. The minimum atomic E-state index is -3.82. The van der Waals surface area contributed by atoms with Crippen LogP contribution in [0.2, 0.25) is 0 Å². The largest absolute Gasteiger partial charge is 0.337 e. The molecule has 2 atom stereocenters. The van der Waals surface area contributed by atoms with Gasteiger partial charge in [-0.15, -0.1) is 4.40 Å². The highest BCUT2D eigenvalue weighted by Gasteiger charge is 2.39. The first-order valence-corrected chi connectivity index (χ1v) is 13.6. The van der Waals surface area contributed by atoms with Crippen LogP contribution in [0.15, 0.2) is 76.0 Å². The molecule has 1 saturated heterocycles. The number of hydrogen-bond donors (Lipinski definition) is 0. The molecule has 6 heteroatoms. The van der Waals surface area contributed by atoms with Gasteiger partial charge < -0.3 is 9.80 Å². The third-order valence-electron chi connectivity index (χ3n) is 6.60. The highest BCUT2D eigenvalue weighted by atomic mass is 32.2. The van der Waals surface area contributed by atoms with Crippen molar-refractivity contribution in [2.45, 2.75) is 63.4 Å². The molecule has 2 aliphatic rings. The quantitative estimate of drug-likeness (QED) is 0.368. The average Bonchev–Trinajstić information content (AvgIpc) is 3.27. The summed E-state index contributed by atoms with van der Waals surface area (Å²) in [5, 5.41) is 0. The Morgan fingerprint density at radius 2 is 1.76 bits per heavy atom. The van der Waals surface area contributed by atoms with E-state index in [1.165, 1.54) is 12.8 Å². The Balaban J connectivity index is 1.71. The van der Waals surface area contributed by atoms with Crippen molar-refractivity contribution in [3.05, 3.63) is 77.9 Å². The van der Waals surface area contributed by atoms with Crippen molar-refractivity contribution in [3.8, 4) is 0 Å². The molecule has 4 rings (SSSR count). The van der Waals surface area contributed by atoms with Crippen LogP contribution in [0.5, 0.6) is 0 Å². The topological polar surface area (TPSA) is 53.0 Å². The van der Waals surface area contributed by atoms with Gasteiger partial charge >= 0.3 is 0 Å². The Labute approximate surface area is 198 Å². The first kappa shape index (κ1) is 23.6. The highest BCUT2D eigenvalue weighted by Crippen LogP contribution is 2.32. The summed E-state index contributed by atoms with van der Waals surface area (Å²) in [4.78, 5) is 4.67. The van der Waals surface area contributed by atoms with E-state index in [4.69, 9.17) is 0 Å². The third kappa shape index (κ3) is 5.67. The minimum Gasteiger partial charge on any atom is -0.337 e. The van der Waals surface area contributed by atoms with E-state index in [0.717, 1.165) is 43.5 Å². The molecule has 33 heavy (non-hydrogen) atoms. The van der Waals surface area contributed by atoms with Crippen LogP contribution in [-0.2, 0) is 16.6 Å². The first-order valence-electron chi connectivity index (χ1n) is 12.1. The van der Waals surface area contributed by atoms with Crippen molar-refractivity contribution < 1.29 is 8.42 Å². The summed E-state index contributed by atoms with van der Waals surface area (Å²) in [6, 6.07) is 17.4. The monoisotopic (exact) mass is 465 g/mol. The molecule has 2 aromatic carbocycles. The third-order valence-corrected chi connectivity index (χ3v) is 7.87. The number of fused-ring (bicyclic) bond motifs is 1. The standard InChI is InChI=1S/C27H35N3O2S/c1-3-4-5-9-19-30-26-14-10-13-24(26)21-29(20-23-11-7-6-8-12-23)27(30)28-33(31,32)25-17-15-22(2)16-18-25/h6-8,10-12,14-18,24,26H,3-5,9,13,19-21H2,1-2H3/b28-27+/t24-,26-/m0/s1. The van der Waals surface area contributed by atoms with Crippen molar-refractivity contribution in [1.82, 2.24) is 9.80 Å². The van der Waals surface area contributed by atoms with Crippen molar-refractivity contribution >= 4 is 16.0 Å². The highest BCUT2D eigenvalue weighted by molar-refractivity contribution is 7.90. The number of unbranched alkanes of at least 4 members (excludes halogenated alkanes) is 3. The van der Waals surface area contributed by atoms with E-state index in [1.807, 2.05) is 37.3 Å². The molecular formula is C27H35N3O2S. The summed E-state index contributed by atoms with van der Waals surface area (Å²) in [5.74, 6) is 1.05. The lowest BCUT2D eigenvalue weighted by molar-refractivity contribution is 0.158. The van der Waals surface area contributed by atoms with E-state index < -0.39 is 10.0 Å². The molecule has 0 amide bonds. The van der Waals surface area contributed by atoms with Crippen LogP contribution in [0.1, 0.15) is 50.2 Å². The van der Waals surface area contributed by atoms with E-state index in [0.29, 0.717) is 18.4 Å². The Morgan fingerprint density at radius 1 is 1.00 bits per heavy atom. The number of sulfonamides is 1. The molecule has 0 radical (unpaired) electrons. The van der Waals surface area contributed by atoms with Gasteiger partial charge in [0.05, 0.1) is 10.9 Å². The molecule has 1 heterocycles. The van der Waals surface area contributed by atoms with E-state index >= 15 is 0 Å². The second-order valence-electron chi connectivity index (χ2n) is 9.21. The van der Waals surface area contributed by atoms with Crippen LogP contribution in [0.3, 0.4) is 0 Å². The molecule has 0 unspecified atom stereocenters. The molecule has 1 aliphatic heterocycles. The zero-order chi connectivity index (χ0) is 23.3. The van der Waals surface area contributed by atoms with Crippen molar-refractivity contribution in [3.63, 3.8) is 0 Å². The molecule has 176 valence electrons. The van der Waals surface area contributed by atoms with Gasteiger partial charge in [0.1, 0.15) is 0 Å². The van der Waals surface area contributed by atoms with Crippen LogP contribution in [-0.4, -0.2) is 43.3 Å². The fraction of sp³-hybridized carbons (Fsp3) is 0.444. The zero-order valence-corrected chi connectivity index (χ0v) is 20.5. The number of allylic oxidation sites excluding steroid dienone is 1. The summed E-state index contributed by atoms with van der Waals surface area (Å²) in [7, 11) is -3.82. The van der Waals surface area contributed by atoms with E-state index in [-0.39, 0.29) is 10.9 Å². The normalized spacial score (nSPS) is 21.6. The van der Waals surface area contributed by atoms with Gasteiger partial charge in [-0.1, -0.05) is 86.4 Å². The van der Waals surface area contributed by atoms with Gasteiger partial charge in [0.2, 0.25) is 5.96 Å². The molecule has 2 aromatic rings. The molecular weight excluding hydrogens is 430 g/mol. The summed E-state index contributed by atoms with van der Waals surface area (Å²) in [5.41, 5.74) is 2.19. The number of guanidine groups is 1. The summed E-state index contributed by atoms with van der Waals surface area (Å²) < 4.78 is 31.2. The van der Waals surface area contributed by atoms with Crippen LogP contribution in [0.4, 0.5) is 0 Å². The minimum absolute atomic E-state index is 0.214. The first-order chi connectivity index (χ1) is 16.0. The van der Waals surface area contributed by atoms with Gasteiger partial charge in [-0.3, -0.25) is 0 Å². The molecule has 0 bridgehead atoms. The number of hydrogen-bond acceptors (Lipinski definition) is 2. The van der Waals surface area contributed by atoms with Crippen LogP contribution in [0, 0.1) is 12.8 Å². The van der Waals surface area contributed by atoms with E-state index in [9.17, 15) is 8.42 Å². The molecule has 0 aromatic heterocycles. The second-order valence-corrected chi connectivity index (χ2v) is 10.8. The molecule has 1 aliphatic carbocycles. The van der Waals surface area contributed by atoms with Gasteiger partial charge in [-0.25, -0.2) is 0 Å². The number of rotatable bonds is 9. The smallest absolute Gasteiger partial charge is 0.285 e. The lowest BCUT2D eigenvalue weighted by Crippen LogP contribution is -2.58. The van der Waals surface area contributed by atoms with Gasteiger partial charge in [-0.05, 0) is 37.5 Å². The van der Waals surface area contributed by atoms with Gasteiger partial charge in [0.25, 0.3) is 10.0 Å².